The van der Waals surface area contributed by atoms with Crippen LogP contribution in [0.5, 0.6) is 0 Å². The predicted octanol–water partition coefficient (Wildman–Crippen LogP) is 2.10. The van der Waals surface area contributed by atoms with Crippen LogP contribution in [0, 0.1) is 0 Å². The average Bonchev–Trinajstić information content (AvgIpc) is 2.92. The molecule has 1 heterocycles. The number of nitrogens with one attached hydrogen (secondary N) is 3. The SMILES string of the molecule is CSCCC(C(=O)NCC(=O)O)N1C(=O)c2cc(NC(C)=O)ccc2NC(=O)[C@@H]1c1ccccc1. The molecule has 3 rings (SSSR count). The van der Waals surface area contributed by atoms with Gasteiger partial charge in [-0.15, -0.1) is 0 Å². The van der Waals surface area contributed by atoms with Gasteiger partial charge in [-0.05, 0) is 42.2 Å². The summed E-state index contributed by atoms with van der Waals surface area (Å²) in [7, 11) is 0. The van der Waals surface area contributed by atoms with Gasteiger partial charge >= 0.3 is 5.97 Å². The van der Waals surface area contributed by atoms with Gasteiger partial charge in [-0.25, -0.2) is 0 Å². The van der Waals surface area contributed by atoms with Crippen LogP contribution < -0.4 is 16.0 Å². The molecule has 0 radical (unpaired) electrons. The summed E-state index contributed by atoms with van der Waals surface area (Å²) < 4.78 is 0. The van der Waals surface area contributed by atoms with E-state index >= 15 is 0 Å². The molecule has 1 aliphatic rings. The van der Waals surface area contributed by atoms with Crippen LogP contribution in [0.4, 0.5) is 11.4 Å². The van der Waals surface area contributed by atoms with Crippen molar-refractivity contribution >= 4 is 52.7 Å². The number of aliphatic carboxylic acids is 1. The third-order valence-electron chi connectivity index (χ3n) is 5.35. The highest BCUT2D eigenvalue weighted by Crippen LogP contribution is 2.34. The van der Waals surface area contributed by atoms with Crippen molar-refractivity contribution in [3.8, 4) is 0 Å². The number of carboxylic acid groups (broad SMARTS) is 1. The Bertz CT molecular complexity index is 1140. The summed E-state index contributed by atoms with van der Waals surface area (Å²) in [6.07, 6.45) is 2.03. The van der Waals surface area contributed by atoms with Gasteiger partial charge < -0.3 is 26.0 Å². The first-order valence-corrected chi connectivity index (χ1v) is 12.2. The molecule has 2 aromatic carbocycles. The molecule has 11 heteroatoms. The number of carboxylic acids is 1. The van der Waals surface area contributed by atoms with Crippen LogP contribution in [-0.4, -0.2) is 64.2 Å². The molecule has 1 aliphatic heterocycles. The lowest BCUT2D eigenvalue weighted by Crippen LogP contribution is -2.53. The molecule has 10 nitrogen and oxygen atoms in total. The molecule has 4 N–H and O–H groups in total. The Kier molecular flexibility index (Phi) is 8.48. The monoisotopic (exact) mass is 498 g/mol. The number of hydrogen-bond donors (Lipinski definition) is 4. The second-order valence-electron chi connectivity index (χ2n) is 7.87. The summed E-state index contributed by atoms with van der Waals surface area (Å²) in [5.74, 6) is -2.87. The first-order valence-electron chi connectivity index (χ1n) is 10.8. The fourth-order valence-electron chi connectivity index (χ4n) is 3.87. The summed E-state index contributed by atoms with van der Waals surface area (Å²) in [6, 6.07) is 10.8. The van der Waals surface area contributed by atoms with Gasteiger partial charge in [0.05, 0.1) is 11.3 Å². The summed E-state index contributed by atoms with van der Waals surface area (Å²) in [6.45, 7) is 0.709. The normalized spacial score (nSPS) is 15.9. The number of benzene rings is 2. The van der Waals surface area contributed by atoms with Crippen LogP contribution >= 0.6 is 11.8 Å². The van der Waals surface area contributed by atoms with Crippen LogP contribution in [-0.2, 0) is 19.2 Å². The lowest BCUT2D eigenvalue weighted by atomic mass is 10.00. The van der Waals surface area contributed by atoms with Crippen LogP contribution in [0.25, 0.3) is 0 Å². The number of nitrogens with zero attached hydrogens (tertiary/aromatic N) is 1. The van der Waals surface area contributed by atoms with Gasteiger partial charge in [-0.1, -0.05) is 30.3 Å². The Morgan fingerprint density at radius 2 is 1.86 bits per heavy atom. The van der Waals surface area contributed by atoms with E-state index in [-0.39, 0.29) is 23.6 Å². The number of thioether (sulfide) groups is 1. The summed E-state index contributed by atoms with van der Waals surface area (Å²) >= 11 is 1.45. The molecule has 0 saturated carbocycles. The standard InChI is InChI=1S/C24H26N4O6S/c1-14(29)26-16-8-9-18-17(12-16)24(34)28(19(10-11-35-2)22(32)25-13-20(30)31)21(23(33)27-18)15-6-4-3-5-7-15/h3-9,12,19,21H,10-11,13H2,1-2H3,(H,25,32)(H,26,29)(H,27,33)(H,30,31)/t19?,21-/m0/s1. The highest BCUT2D eigenvalue weighted by atomic mass is 32.2. The van der Waals surface area contributed by atoms with E-state index in [1.54, 1.807) is 36.4 Å². The molecular formula is C24H26N4O6S. The van der Waals surface area contributed by atoms with Crippen molar-refractivity contribution in [1.29, 1.82) is 0 Å². The van der Waals surface area contributed by atoms with Crippen molar-refractivity contribution in [2.45, 2.75) is 25.4 Å². The maximum absolute atomic E-state index is 14.0. The molecular weight excluding hydrogens is 472 g/mol. The highest BCUT2D eigenvalue weighted by Gasteiger charge is 2.42. The van der Waals surface area contributed by atoms with Crippen molar-refractivity contribution < 1.29 is 29.1 Å². The fourth-order valence-corrected chi connectivity index (χ4v) is 4.33. The zero-order valence-electron chi connectivity index (χ0n) is 19.2. The molecule has 0 fully saturated rings. The van der Waals surface area contributed by atoms with Crippen LogP contribution in [0.3, 0.4) is 0 Å². The van der Waals surface area contributed by atoms with Crippen molar-refractivity contribution in [1.82, 2.24) is 10.2 Å². The largest absolute Gasteiger partial charge is 0.480 e. The Morgan fingerprint density at radius 3 is 2.49 bits per heavy atom. The smallest absolute Gasteiger partial charge is 0.322 e. The molecule has 0 aliphatic carbocycles. The third-order valence-corrected chi connectivity index (χ3v) is 6.00. The van der Waals surface area contributed by atoms with Gasteiger partial charge in [-0.2, -0.15) is 11.8 Å². The third kappa shape index (κ3) is 6.18. The van der Waals surface area contributed by atoms with Crippen LogP contribution in [0.2, 0.25) is 0 Å². The van der Waals surface area contributed by atoms with E-state index in [9.17, 15) is 24.0 Å². The fraction of sp³-hybridized carbons (Fsp3) is 0.292. The second-order valence-corrected chi connectivity index (χ2v) is 8.85. The summed E-state index contributed by atoms with van der Waals surface area (Å²) in [5, 5.41) is 16.8. The van der Waals surface area contributed by atoms with Crippen LogP contribution in [0.15, 0.2) is 48.5 Å². The molecule has 2 aromatic rings. The highest BCUT2D eigenvalue weighted by molar-refractivity contribution is 7.98. The van der Waals surface area contributed by atoms with E-state index < -0.39 is 42.3 Å². The Labute approximate surface area is 206 Å². The minimum absolute atomic E-state index is 0.100. The summed E-state index contributed by atoms with van der Waals surface area (Å²) in [4.78, 5) is 64.4. The zero-order valence-corrected chi connectivity index (χ0v) is 20.1. The predicted molar refractivity (Wildman–Crippen MR) is 132 cm³/mol. The first kappa shape index (κ1) is 25.8. The van der Waals surface area contributed by atoms with E-state index in [2.05, 4.69) is 16.0 Å². The molecule has 4 amide bonds. The van der Waals surface area contributed by atoms with E-state index in [0.717, 1.165) is 0 Å². The van der Waals surface area contributed by atoms with E-state index in [1.807, 2.05) is 6.26 Å². The van der Waals surface area contributed by atoms with Gasteiger partial charge in [0.25, 0.3) is 11.8 Å². The maximum atomic E-state index is 14.0. The number of hydrogen-bond acceptors (Lipinski definition) is 6. The Morgan fingerprint density at radius 1 is 1.14 bits per heavy atom. The number of carbonyl (C=O) groups is 5. The number of amides is 4. The Hall–Kier alpha value is -3.86. The van der Waals surface area contributed by atoms with Gasteiger partial charge in [0.1, 0.15) is 18.6 Å². The first-order chi connectivity index (χ1) is 16.7. The zero-order chi connectivity index (χ0) is 25.5. The van der Waals surface area contributed by atoms with Crippen molar-refractivity contribution in [3.05, 3.63) is 59.7 Å². The molecule has 0 saturated heterocycles. The van der Waals surface area contributed by atoms with E-state index in [4.69, 9.17) is 5.11 Å². The average molecular weight is 499 g/mol. The molecule has 2 atom stereocenters. The minimum atomic E-state index is -1.23. The quantitative estimate of drug-likeness (QED) is 0.414. The topological polar surface area (TPSA) is 145 Å². The maximum Gasteiger partial charge on any atom is 0.322 e. The van der Waals surface area contributed by atoms with E-state index in [0.29, 0.717) is 17.0 Å². The van der Waals surface area contributed by atoms with Gasteiger partial charge in [0.2, 0.25) is 11.8 Å². The molecule has 35 heavy (non-hydrogen) atoms. The van der Waals surface area contributed by atoms with Gasteiger partial charge in [-0.3, -0.25) is 24.0 Å². The van der Waals surface area contributed by atoms with E-state index in [1.165, 1.54) is 35.7 Å². The summed E-state index contributed by atoms with van der Waals surface area (Å²) in [5.41, 5.74) is 1.19. The number of carbonyl (C=O) groups excluding carboxylic acids is 4. The molecule has 0 aromatic heterocycles. The van der Waals surface area contributed by atoms with Crippen molar-refractivity contribution in [2.24, 2.45) is 0 Å². The minimum Gasteiger partial charge on any atom is -0.480 e. The lowest BCUT2D eigenvalue weighted by Gasteiger charge is -2.35. The molecule has 0 bridgehead atoms. The molecule has 184 valence electrons. The second kappa shape index (κ2) is 11.5. The number of fused-ring (bicyclic) bond motifs is 1. The van der Waals surface area contributed by atoms with Crippen LogP contribution in [0.1, 0.15) is 35.3 Å². The molecule has 0 spiro atoms. The van der Waals surface area contributed by atoms with Crippen molar-refractivity contribution in [2.75, 3.05) is 29.2 Å². The molecule has 1 unspecified atom stereocenters. The van der Waals surface area contributed by atoms with Gasteiger partial charge in [0, 0.05) is 12.6 Å². The lowest BCUT2D eigenvalue weighted by molar-refractivity contribution is -0.139. The number of rotatable bonds is 9. The van der Waals surface area contributed by atoms with Gasteiger partial charge in [0.15, 0.2) is 0 Å². The van der Waals surface area contributed by atoms with Crippen molar-refractivity contribution in [3.63, 3.8) is 0 Å². The Balaban J connectivity index is 2.15. The number of anilines is 2.